The lowest BCUT2D eigenvalue weighted by Crippen LogP contribution is -2.40. The Morgan fingerprint density at radius 3 is 2.40 bits per heavy atom. The summed E-state index contributed by atoms with van der Waals surface area (Å²) in [6, 6.07) is 25.1. The predicted octanol–water partition coefficient (Wildman–Crippen LogP) is 6.04. The summed E-state index contributed by atoms with van der Waals surface area (Å²) in [5.74, 6) is 0.408. The van der Waals surface area contributed by atoms with Gasteiger partial charge < -0.3 is 23.6 Å². The first-order valence-electron chi connectivity index (χ1n) is 15.1. The standard InChI is InChI=1S/C34H41FN2O5Si/c1-24-29(18-15-25-13-16-27(17-14-25)37-28-11-7-8-12-30(28)41-23-33(37)40)42-31(34(24)43(2,3)35)21-32(39)36(19-20-38)22-26-9-5-4-6-10-26/h4-14,16-17,24,29,31,34,38H,15,18-23H2,1-3H3/t24-,29+,31-,34+/m0/s1. The van der Waals surface area contributed by atoms with Crippen molar-refractivity contribution in [3.63, 3.8) is 0 Å². The first-order chi connectivity index (χ1) is 20.7. The second-order valence-corrected chi connectivity index (χ2v) is 15.9. The molecule has 5 rings (SSSR count). The molecule has 0 saturated carbocycles. The van der Waals surface area contributed by atoms with E-state index in [-0.39, 0.29) is 55.6 Å². The quantitative estimate of drug-likeness (QED) is 0.213. The van der Waals surface area contributed by atoms with E-state index in [1.54, 1.807) is 22.9 Å². The zero-order valence-electron chi connectivity index (χ0n) is 25.1. The third-order valence-corrected chi connectivity index (χ3v) is 11.1. The number of amides is 2. The molecule has 2 aliphatic rings. The first-order valence-corrected chi connectivity index (χ1v) is 18.0. The number of hydrogen-bond donors (Lipinski definition) is 1. The Hall–Kier alpha value is -3.53. The van der Waals surface area contributed by atoms with Gasteiger partial charge in [0.1, 0.15) is 5.75 Å². The molecule has 9 heteroatoms. The number of halogens is 1. The molecule has 0 radical (unpaired) electrons. The number of carbonyl (C=O) groups is 2. The third kappa shape index (κ3) is 7.17. The van der Waals surface area contributed by atoms with Crippen molar-refractivity contribution in [2.75, 3.05) is 24.7 Å². The molecule has 0 aliphatic carbocycles. The van der Waals surface area contributed by atoms with Gasteiger partial charge in [-0.15, -0.1) is 0 Å². The number of fused-ring (bicyclic) bond motifs is 1. The number of carbonyl (C=O) groups excluding carboxylic acids is 2. The van der Waals surface area contributed by atoms with E-state index in [1.165, 1.54) is 0 Å². The number of para-hydroxylation sites is 2. The normalized spacial score (nSPS) is 21.8. The monoisotopic (exact) mass is 604 g/mol. The van der Waals surface area contributed by atoms with Gasteiger partial charge >= 0.3 is 0 Å². The molecule has 0 aromatic heterocycles. The molecule has 43 heavy (non-hydrogen) atoms. The number of aryl methyl sites for hydroxylation is 1. The zero-order chi connectivity index (χ0) is 30.6. The van der Waals surface area contributed by atoms with Crippen molar-refractivity contribution in [3.8, 4) is 5.75 Å². The molecular weight excluding hydrogens is 563 g/mol. The van der Waals surface area contributed by atoms with Crippen LogP contribution in [-0.2, 0) is 27.3 Å². The fourth-order valence-corrected chi connectivity index (χ4v) is 9.15. The minimum atomic E-state index is -3.15. The van der Waals surface area contributed by atoms with E-state index in [2.05, 4.69) is 0 Å². The smallest absolute Gasteiger partial charge is 0.269 e. The van der Waals surface area contributed by atoms with Crippen molar-refractivity contribution in [1.82, 2.24) is 4.90 Å². The van der Waals surface area contributed by atoms with Crippen LogP contribution in [0.15, 0.2) is 78.9 Å². The van der Waals surface area contributed by atoms with Gasteiger partial charge in [-0.2, -0.15) is 0 Å². The van der Waals surface area contributed by atoms with Crippen molar-refractivity contribution in [1.29, 1.82) is 0 Å². The van der Waals surface area contributed by atoms with Crippen LogP contribution in [0.4, 0.5) is 15.5 Å². The molecule has 0 bridgehead atoms. The molecule has 2 amide bonds. The predicted molar refractivity (Wildman–Crippen MR) is 168 cm³/mol. The molecule has 7 nitrogen and oxygen atoms in total. The second kappa shape index (κ2) is 13.4. The largest absolute Gasteiger partial charge is 0.482 e. The molecule has 0 unspecified atom stereocenters. The van der Waals surface area contributed by atoms with Gasteiger partial charge in [0.05, 0.1) is 30.9 Å². The van der Waals surface area contributed by atoms with Crippen molar-refractivity contribution < 1.29 is 28.3 Å². The summed E-state index contributed by atoms with van der Waals surface area (Å²) < 4.78 is 27.7. The second-order valence-electron chi connectivity index (χ2n) is 12.1. The third-order valence-electron chi connectivity index (χ3n) is 8.63. The van der Waals surface area contributed by atoms with Gasteiger partial charge in [0.15, 0.2) is 6.61 Å². The van der Waals surface area contributed by atoms with Crippen LogP contribution in [0.3, 0.4) is 0 Å². The number of hydrogen-bond acceptors (Lipinski definition) is 5. The minimum Gasteiger partial charge on any atom is -0.482 e. The van der Waals surface area contributed by atoms with Crippen LogP contribution in [0.5, 0.6) is 5.75 Å². The maximum atomic E-state index is 15.7. The Balaban J connectivity index is 1.24. The molecule has 1 fully saturated rings. The van der Waals surface area contributed by atoms with Gasteiger partial charge in [0.2, 0.25) is 14.3 Å². The van der Waals surface area contributed by atoms with E-state index in [9.17, 15) is 14.7 Å². The van der Waals surface area contributed by atoms with Gasteiger partial charge in [-0.3, -0.25) is 14.5 Å². The average molecular weight is 605 g/mol. The lowest BCUT2D eigenvalue weighted by Gasteiger charge is -2.30. The van der Waals surface area contributed by atoms with Crippen LogP contribution in [0.25, 0.3) is 0 Å². The zero-order valence-corrected chi connectivity index (χ0v) is 26.1. The van der Waals surface area contributed by atoms with E-state index in [1.807, 2.05) is 85.8 Å². The van der Waals surface area contributed by atoms with E-state index in [0.29, 0.717) is 18.7 Å². The Morgan fingerprint density at radius 2 is 1.70 bits per heavy atom. The molecule has 228 valence electrons. The lowest BCUT2D eigenvalue weighted by molar-refractivity contribution is -0.135. The summed E-state index contributed by atoms with van der Waals surface area (Å²) >= 11 is 0. The van der Waals surface area contributed by atoms with E-state index < -0.39 is 14.5 Å². The SMILES string of the molecule is C[C@@H]1[C@@H]([Si](C)(C)F)[C@H](CC(=O)N(CCO)Cc2ccccc2)O[C@@H]1CCc1ccc(N2C(=O)COc3ccccc32)cc1. The lowest BCUT2D eigenvalue weighted by atomic mass is 9.95. The van der Waals surface area contributed by atoms with Gasteiger partial charge in [0.25, 0.3) is 5.91 Å². The maximum Gasteiger partial charge on any atom is 0.269 e. The number of nitrogens with zero attached hydrogens (tertiary/aromatic N) is 2. The van der Waals surface area contributed by atoms with Crippen molar-refractivity contribution in [2.45, 2.75) is 63.6 Å². The summed E-state index contributed by atoms with van der Waals surface area (Å²) in [6.07, 6.45) is 0.872. The van der Waals surface area contributed by atoms with E-state index >= 15 is 4.11 Å². The van der Waals surface area contributed by atoms with Crippen molar-refractivity contribution in [2.24, 2.45) is 5.92 Å². The van der Waals surface area contributed by atoms with Gasteiger partial charge in [0, 0.05) is 24.3 Å². The van der Waals surface area contributed by atoms with Gasteiger partial charge in [-0.05, 0) is 67.2 Å². The summed E-state index contributed by atoms with van der Waals surface area (Å²) in [6.45, 7) is 5.93. The molecule has 3 aromatic rings. The molecule has 2 aliphatic heterocycles. The number of ether oxygens (including phenoxy) is 2. The number of rotatable bonds is 11. The maximum absolute atomic E-state index is 15.7. The number of aliphatic hydroxyl groups excluding tert-OH is 1. The van der Waals surface area contributed by atoms with Crippen molar-refractivity contribution in [3.05, 3.63) is 90.0 Å². The fourth-order valence-electron chi connectivity index (χ4n) is 6.60. The molecule has 2 heterocycles. The van der Waals surface area contributed by atoms with Crippen LogP contribution in [-0.4, -0.2) is 62.2 Å². The molecule has 4 atom stereocenters. The molecular formula is C34H41FN2O5Si. The highest BCUT2D eigenvalue weighted by molar-refractivity contribution is 6.72. The molecule has 3 aromatic carbocycles. The Morgan fingerprint density at radius 1 is 1.00 bits per heavy atom. The highest BCUT2D eigenvalue weighted by Crippen LogP contribution is 2.47. The summed E-state index contributed by atoms with van der Waals surface area (Å²) in [5, 5.41) is 9.61. The Kier molecular flexibility index (Phi) is 9.64. The highest BCUT2D eigenvalue weighted by Gasteiger charge is 2.51. The first kappa shape index (κ1) is 30.9. The average Bonchev–Trinajstić information content (AvgIpc) is 3.31. The van der Waals surface area contributed by atoms with Crippen LogP contribution >= 0.6 is 0 Å². The van der Waals surface area contributed by atoms with E-state index in [0.717, 1.165) is 28.9 Å². The minimum absolute atomic E-state index is 0.00123. The van der Waals surface area contributed by atoms with Crippen LogP contribution in [0, 0.1) is 5.92 Å². The topological polar surface area (TPSA) is 79.3 Å². The molecule has 0 spiro atoms. The molecule has 1 saturated heterocycles. The van der Waals surface area contributed by atoms with Gasteiger partial charge in [-0.25, -0.2) is 0 Å². The highest BCUT2D eigenvalue weighted by atomic mass is 28.4. The Labute approximate surface area is 254 Å². The summed E-state index contributed by atoms with van der Waals surface area (Å²) in [5.41, 5.74) is 3.28. The Bertz CT molecular complexity index is 1400. The van der Waals surface area contributed by atoms with E-state index in [4.69, 9.17) is 9.47 Å². The van der Waals surface area contributed by atoms with Crippen molar-refractivity contribution >= 4 is 31.6 Å². The van der Waals surface area contributed by atoms with Gasteiger partial charge in [-0.1, -0.05) is 61.5 Å². The number of anilines is 2. The van der Waals surface area contributed by atoms with Crippen LogP contribution in [0.2, 0.25) is 18.6 Å². The molecule has 1 N–H and O–H groups in total. The fraction of sp³-hybridized carbons (Fsp3) is 0.412. The number of aliphatic hydroxyl groups is 1. The summed E-state index contributed by atoms with van der Waals surface area (Å²) in [7, 11) is -3.15. The van der Waals surface area contributed by atoms with Crippen LogP contribution < -0.4 is 9.64 Å². The number of benzene rings is 3. The summed E-state index contributed by atoms with van der Waals surface area (Å²) in [4.78, 5) is 29.4. The van der Waals surface area contributed by atoms with Crippen LogP contribution in [0.1, 0.15) is 30.9 Å².